The molecule has 0 spiro atoms. The first-order chi connectivity index (χ1) is 9.78. The summed E-state index contributed by atoms with van der Waals surface area (Å²) in [4.78, 5) is 4.30. The molecule has 102 valence electrons. The Balaban J connectivity index is 2.01. The number of aromatic amines is 1. The van der Waals surface area contributed by atoms with E-state index in [-0.39, 0.29) is 5.82 Å². The maximum absolute atomic E-state index is 13.3. The first kappa shape index (κ1) is 12.9. The van der Waals surface area contributed by atoms with Crippen LogP contribution in [-0.4, -0.2) is 26.6 Å². The molecule has 0 fully saturated rings. The molecule has 1 N–H and O–H groups in total. The van der Waals surface area contributed by atoms with E-state index in [4.69, 9.17) is 4.52 Å². The quantitative estimate of drug-likeness (QED) is 0.799. The number of thioether (sulfide) groups is 1. The van der Waals surface area contributed by atoms with E-state index in [0.717, 1.165) is 0 Å². The van der Waals surface area contributed by atoms with Crippen LogP contribution < -0.4 is 0 Å². The monoisotopic (exact) mass is 290 g/mol. The number of rotatable bonds is 4. The Morgan fingerprint density at radius 2 is 2.30 bits per heavy atom. The van der Waals surface area contributed by atoms with Crippen molar-refractivity contribution in [3.8, 4) is 22.7 Å². The molecule has 7 heteroatoms. The number of halogens is 1. The van der Waals surface area contributed by atoms with Crippen molar-refractivity contribution in [3.05, 3.63) is 42.1 Å². The highest BCUT2D eigenvalue weighted by Crippen LogP contribution is 2.29. The third-order valence-electron chi connectivity index (χ3n) is 2.72. The minimum absolute atomic E-state index is 0.309. The Morgan fingerprint density at radius 3 is 3.10 bits per heavy atom. The number of hydrogen-bond donors (Lipinski definition) is 1. The van der Waals surface area contributed by atoms with E-state index < -0.39 is 0 Å². The molecule has 0 atom stereocenters. The van der Waals surface area contributed by atoms with Crippen LogP contribution in [0.15, 0.2) is 35.0 Å². The van der Waals surface area contributed by atoms with E-state index in [1.165, 1.54) is 12.1 Å². The lowest BCUT2D eigenvalue weighted by Crippen LogP contribution is -1.85. The molecule has 0 bridgehead atoms. The smallest absolute Gasteiger partial charge is 0.261 e. The lowest BCUT2D eigenvalue weighted by Gasteiger charge is -1.99. The van der Waals surface area contributed by atoms with Crippen molar-refractivity contribution in [1.82, 2.24) is 20.3 Å². The highest BCUT2D eigenvalue weighted by Gasteiger charge is 2.16. The summed E-state index contributed by atoms with van der Waals surface area (Å²) in [7, 11) is 0. The van der Waals surface area contributed by atoms with Gasteiger partial charge in [-0.15, -0.1) is 0 Å². The Labute approximate surface area is 118 Å². The van der Waals surface area contributed by atoms with Crippen molar-refractivity contribution in [2.45, 2.75) is 5.75 Å². The Morgan fingerprint density at radius 1 is 1.40 bits per heavy atom. The molecule has 2 heterocycles. The van der Waals surface area contributed by atoms with Crippen molar-refractivity contribution < 1.29 is 8.91 Å². The van der Waals surface area contributed by atoms with Crippen LogP contribution in [0.1, 0.15) is 5.82 Å². The van der Waals surface area contributed by atoms with Gasteiger partial charge in [-0.2, -0.15) is 21.8 Å². The van der Waals surface area contributed by atoms with E-state index in [1.807, 2.05) is 6.26 Å². The molecule has 0 aliphatic rings. The number of nitrogens with zero attached hydrogens (tertiary/aromatic N) is 3. The zero-order valence-electron chi connectivity index (χ0n) is 10.6. The maximum Gasteiger partial charge on any atom is 0.261 e. The van der Waals surface area contributed by atoms with Gasteiger partial charge >= 0.3 is 0 Å². The van der Waals surface area contributed by atoms with Crippen LogP contribution in [0, 0.1) is 5.82 Å². The van der Waals surface area contributed by atoms with Gasteiger partial charge in [0.15, 0.2) is 5.82 Å². The predicted molar refractivity (Wildman–Crippen MR) is 74.5 cm³/mol. The number of nitrogens with one attached hydrogen (secondary N) is 1. The zero-order valence-corrected chi connectivity index (χ0v) is 11.4. The van der Waals surface area contributed by atoms with Gasteiger partial charge in [-0.25, -0.2) is 4.39 Å². The van der Waals surface area contributed by atoms with Crippen molar-refractivity contribution in [1.29, 1.82) is 0 Å². The standard InChI is InChI=1S/C13H11FN4OS/c1-20-7-11-16-13(19-18-11)10-6-15-17-12(10)8-3-2-4-9(14)5-8/h2-6H,7H2,1H3,(H,15,17). The van der Waals surface area contributed by atoms with Gasteiger partial charge in [-0.05, 0) is 18.4 Å². The molecule has 5 nitrogen and oxygen atoms in total. The molecule has 0 aliphatic carbocycles. The topological polar surface area (TPSA) is 67.6 Å². The summed E-state index contributed by atoms with van der Waals surface area (Å²) in [6, 6.07) is 6.25. The first-order valence-electron chi connectivity index (χ1n) is 5.89. The van der Waals surface area contributed by atoms with Crippen molar-refractivity contribution in [2.75, 3.05) is 6.26 Å². The fourth-order valence-corrected chi connectivity index (χ4v) is 2.24. The van der Waals surface area contributed by atoms with E-state index in [1.54, 1.807) is 30.1 Å². The van der Waals surface area contributed by atoms with E-state index >= 15 is 0 Å². The van der Waals surface area contributed by atoms with Crippen LogP contribution in [0.5, 0.6) is 0 Å². The molecule has 0 unspecified atom stereocenters. The number of benzene rings is 1. The van der Waals surface area contributed by atoms with Crippen LogP contribution in [-0.2, 0) is 5.75 Å². The number of aromatic nitrogens is 4. The SMILES string of the molecule is CSCc1noc(-c2cn[nH]c2-c2cccc(F)c2)n1. The van der Waals surface area contributed by atoms with Gasteiger partial charge in [0, 0.05) is 5.56 Å². The third kappa shape index (κ3) is 2.44. The Kier molecular flexibility index (Phi) is 3.51. The maximum atomic E-state index is 13.3. The fraction of sp³-hybridized carbons (Fsp3) is 0.154. The molecule has 1 aromatic carbocycles. The molecule has 3 aromatic rings. The summed E-state index contributed by atoms with van der Waals surface area (Å²) < 4.78 is 18.5. The summed E-state index contributed by atoms with van der Waals surface area (Å²) >= 11 is 1.61. The first-order valence-corrected chi connectivity index (χ1v) is 7.28. The van der Waals surface area contributed by atoms with Gasteiger partial charge in [0.1, 0.15) is 5.82 Å². The van der Waals surface area contributed by atoms with Gasteiger partial charge in [-0.1, -0.05) is 17.3 Å². The van der Waals surface area contributed by atoms with Crippen molar-refractivity contribution in [2.24, 2.45) is 0 Å². The van der Waals surface area contributed by atoms with E-state index in [2.05, 4.69) is 20.3 Å². The molecular formula is C13H11FN4OS. The highest BCUT2D eigenvalue weighted by atomic mass is 32.2. The second-order valence-corrected chi connectivity index (χ2v) is 4.98. The summed E-state index contributed by atoms with van der Waals surface area (Å²) in [6.07, 6.45) is 3.56. The second-order valence-electron chi connectivity index (χ2n) is 4.12. The molecule has 0 radical (unpaired) electrons. The van der Waals surface area contributed by atoms with Gasteiger partial charge in [0.25, 0.3) is 5.89 Å². The molecule has 20 heavy (non-hydrogen) atoms. The molecule has 0 aliphatic heterocycles. The van der Waals surface area contributed by atoms with Crippen LogP contribution >= 0.6 is 11.8 Å². The average molecular weight is 290 g/mol. The van der Waals surface area contributed by atoms with Crippen molar-refractivity contribution in [3.63, 3.8) is 0 Å². The summed E-state index contributed by atoms with van der Waals surface area (Å²) in [5.74, 6) is 1.37. The van der Waals surface area contributed by atoms with Crippen LogP contribution in [0.3, 0.4) is 0 Å². The van der Waals surface area contributed by atoms with Crippen LogP contribution in [0.2, 0.25) is 0 Å². The summed E-state index contributed by atoms with van der Waals surface area (Å²) in [6.45, 7) is 0. The number of H-pyrrole nitrogens is 1. The molecule has 0 saturated heterocycles. The lowest BCUT2D eigenvalue weighted by atomic mass is 10.1. The average Bonchev–Trinajstić information content (AvgIpc) is 3.07. The molecule has 0 amide bonds. The normalized spacial score (nSPS) is 10.9. The third-order valence-corrected chi connectivity index (χ3v) is 3.27. The van der Waals surface area contributed by atoms with Gasteiger partial charge in [-0.3, -0.25) is 5.10 Å². The Bertz CT molecular complexity index is 724. The highest BCUT2D eigenvalue weighted by molar-refractivity contribution is 7.97. The minimum Gasteiger partial charge on any atom is -0.334 e. The summed E-state index contributed by atoms with van der Waals surface area (Å²) in [5, 5.41) is 10.7. The molecule has 2 aromatic heterocycles. The van der Waals surface area contributed by atoms with Crippen LogP contribution in [0.25, 0.3) is 22.7 Å². The molecule has 0 saturated carbocycles. The lowest BCUT2D eigenvalue weighted by molar-refractivity contribution is 0.425. The predicted octanol–water partition coefficient (Wildman–Crippen LogP) is 3.13. The van der Waals surface area contributed by atoms with Gasteiger partial charge < -0.3 is 4.52 Å². The van der Waals surface area contributed by atoms with Gasteiger partial charge in [0.05, 0.1) is 23.2 Å². The Hall–Kier alpha value is -2.15. The second kappa shape index (κ2) is 5.46. The molecular weight excluding hydrogens is 279 g/mol. The van der Waals surface area contributed by atoms with Crippen LogP contribution in [0.4, 0.5) is 4.39 Å². The minimum atomic E-state index is -0.309. The largest absolute Gasteiger partial charge is 0.334 e. The van der Waals surface area contributed by atoms with E-state index in [0.29, 0.717) is 34.3 Å². The van der Waals surface area contributed by atoms with Gasteiger partial charge in [0.2, 0.25) is 0 Å². The zero-order chi connectivity index (χ0) is 13.9. The summed E-state index contributed by atoms with van der Waals surface area (Å²) in [5.41, 5.74) is 2.00. The number of hydrogen-bond acceptors (Lipinski definition) is 5. The molecule has 3 rings (SSSR count). The van der Waals surface area contributed by atoms with Crippen molar-refractivity contribution >= 4 is 11.8 Å². The van der Waals surface area contributed by atoms with E-state index in [9.17, 15) is 4.39 Å². The fourth-order valence-electron chi connectivity index (χ4n) is 1.86.